The van der Waals surface area contributed by atoms with Crippen molar-refractivity contribution in [1.82, 2.24) is 9.66 Å². The van der Waals surface area contributed by atoms with Gasteiger partial charge in [-0.25, -0.2) is 4.68 Å². The number of aromatic amines is 1. The Morgan fingerprint density at radius 2 is 2.25 bits per heavy atom. The molecule has 4 heteroatoms. The van der Waals surface area contributed by atoms with Gasteiger partial charge >= 0.3 is 0 Å². The number of nitrogens with zero attached hydrogens (tertiary/aromatic N) is 2. The normalized spacial score (nSPS) is 10.2. The topological polar surface area (TPSA) is 24.0 Å². The quantitative estimate of drug-likeness (QED) is 0.725. The Labute approximate surface area is 78.0 Å². The lowest BCUT2D eigenvalue weighted by Crippen LogP contribution is -2.26. The summed E-state index contributed by atoms with van der Waals surface area (Å²) in [7, 11) is 3.98. The van der Waals surface area contributed by atoms with Crippen LogP contribution in [-0.4, -0.2) is 23.8 Å². The van der Waals surface area contributed by atoms with Crippen LogP contribution in [0.25, 0.3) is 0 Å². The Morgan fingerprint density at radius 1 is 1.58 bits per heavy atom. The lowest BCUT2D eigenvalue weighted by Gasteiger charge is -2.16. The van der Waals surface area contributed by atoms with E-state index in [2.05, 4.69) is 11.9 Å². The van der Waals surface area contributed by atoms with Gasteiger partial charge in [-0.3, -0.25) is 0 Å². The molecule has 0 saturated carbocycles. The van der Waals surface area contributed by atoms with Gasteiger partial charge in [0.05, 0.1) is 5.69 Å². The third kappa shape index (κ3) is 1.69. The van der Waals surface area contributed by atoms with Crippen molar-refractivity contribution in [3.63, 3.8) is 0 Å². The van der Waals surface area contributed by atoms with E-state index in [1.54, 1.807) is 0 Å². The number of aromatic nitrogens is 2. The molecule has 0 aliphatic rings. The number of hydrogen-bond acceptors (Lipinski definition) is 2. The first-order valence-electron chi connectivity index (χ1n) is 4.13. The van der Waals surface area contributed by atoms with Crippen LogP contribution in [0.3, 0.4) is 0 Å². The van der Waals surface area contributed by atoms with E-state index in [0.717, 1.165) is 17.6 Å². The van der Waals surface area contributed by atoms with Gasteiger partial charge in [-0.15, -0.1) is 0 Å². The minimum atomic E-state index is 0.767. The Balaban J connectivity index is 3.04. The molecule has 1 heterocycles. The smallest absolute Gasteiger partial charge is 0.196 e. The predicted molar refractivity (Wildman–Crippen MR) is 53.7 cm³/mol. The fraction of sp³-hybridized carbons (Fsp3) is 0.625. The highest BCUT2D eigenvalue weighted by atomic mass is 32.1. The van der Waals surface area contributed by atoms with Gasteiger partial charge in [-0.2, -0.15) is 0 Å². The van der Waals surface area contributed by atoms with Crippen molar-refractivity contribution in [2.45, 2.75) is 19.8 Å². The minimum absolute atomic E-state index is 0.767. The lowest BCUT2D eigenvalue weighted by molar-refractivity contribution is 0.669. The molecule has 1 N–H and O–H groups in total. The third-order valence-corrected chi connectivity index (χ3v) is 2.02. The van der Waals surface area contributed by atoms with Gasteiger partial charge < -0.3 is 9.99 Å². The molecule has 0 spiro atoms. The summed E-state index contributed by atoms with van der Waals surface area (Å²) in [6.45, 7) is 2.16. The van der Waals surface area contributed by atoms with Gasteiger partial charge in [0.25, 0.3) is 0 Å². The second-order valence-corrected chi connectivity index (χ2v) is 3.38. The average Bonchev–Trinajstić information content (AvgIpc) is 2.32. The minimum Gasteiger partial charge on any atom is -0.336 e. The molecule has 1 aromatic heterocycles. The summed E-state index contributed by atoms with van der Waals surface area (Å²) in [6, 6.07) is 0. The number of H-pyrrole nitrogens is 1. The highest BCUT2D eigenvalue weighted by Gasteiger charge is 2.03. The second kappa shape index (κ2) is 3.76. The zero-order valence-corrected chi connectivity index (χ0v) is 8.61. The average molecular weight is 185 g/mol. The van der Waals surface area contributed by atoms with Crippen molar-refractivity contribution in [2.24, 2.45) is 0 Å². The molecule has 68 valence electrons. The molecular formula is C8H15N3S. The van der Waals surface area contributed by atoms with Crippen LogP contribution in [-0.2, 0) is 6.42 Å². The van der Waals surface area contributed by atoms with E-state index < -0.39 is 0 Å². The Morgan fingerprint density at radius 3 is 2.75 bits per heavy atom. The van der Waals surface area contributed by atoms with Crippen LogP contribution < -0.4 is 5.01 Å². The summed E-state index contributed by atoms with van der Waals surface area (Å²) >= 11 is 5.13. The van der Waals surface area contributed by atoms with Crippen molar-refractivity contribution in [3.8, 4) is 0 Å². The molecule has 0 unspecified atom stereocenters. The fourth-order valence-electron chi connectivity index (χ4n) is 1.27. The van der Waals surface area contributed by atoms with E-state index in [9.17, 15) is 0 Å². The molecule has 0 aromatic carbocycles. The number of rotatable bonds is 3. The van der Waals surface area contributed by atoms with Crippen LogP contribution in [0.15, 0.2) is 6.20 Å². The molecule has 0 saturated heterocycles. The first-order chi connectivity index (χ1) is 5.66. The van der Waals surface area contributed by atoms with E-state index in [-0.39, 0.29) is 0 Å². The van der Waals surface area contributed by atoms with Crippen molar-refractivity contribution in [3.05, 3.63) is 16.7 Å². The number of hydrogen-bond donors (Lipinski definition) is 1. The summed E-state index contributed by atoms with van der Waals surface area (Å²) in [4.78, 5) is 3.04. The fourth-order valence-corrected chi connectivity index (χ4v) is 1.61. The van der Waals surface area contributed by atoms with Gasteiger partial charge in [0.1, 0.15) is 0 Å². The molecule has 0 radical (unpaired) electrons. The second-order valence-electron chi connectivity index (χ2n) is 2.99. The van der Waals surface area contributed by atoms with Crippen molar-refractivity contribution in [2.75, 3.05) is 19.1 Å². The molecule has 0 aliphatic heterocycles. The standard InChI is InChI=1S/C8H15N3S/c1-4-5-7-6-9-8(12)11(7)10(2)3/h6H,4-5H2,1-3H3,(H,9,12). The molecule has 0 atom stereocenters. The maximum absolute atomic E-state index is 5.13. The summed E-state index contributed by atoms with van der Waals surface area (Å²) in [5.41, 5.74) is 1.24. The van der Waals surface area contributed by atoms with Gasteiger partial charge in [-0.1, -0.05) is 13.3 Å². The SMILES string of the molecule is CCCc1c[nH]c(=S)n1N(C)C. The first-order valence-corrected chi connectivity index (χ1v) is 4.54. The van der Waals surface area contributed by atoms with Crippen LogP contribution >= 0.6 is 12.2 Å². The van der Waals surface area contributed by atoms with Crippen LogP contribution in [0.4, 0.5) is 0 Å². The van der Waals surface area contributed by atoms with Crippen LogP contribution in [0.5, 0.6) is 0 Å². The Bertz CT molecular complexity index is 297. The monoisotopic (exact) mass is 185 g/mol. The van der Waals surface area contributed by atoms with Crippen LogP contribution in [0.2, 0.25) is 0 Å². The molecule has 0 amide bonds. The van der Waals surface area contributed by atoms with Gasteiger partial charge in [0.2, 0.25) is 0 Å². The van der Waals surface area contributed by atoms with Crippen molar-refractivity contribution < 1.29 is 0 Å². The Hall–Kier alpha value is -0.770. The summed E-state index contributed by atoms with van der Waals surface area (Å²) in [6.07, 6.45) is 4.18. The molecule has 12 heavy (non-hydrogen) atoms. The van der Waals surface area contributed by atoms with Crippen LogP contribution in [0, 0.1) is 4.77 Å². The van der Waals surface area contributed by atoms with E-state index in [0.29, 0.717) is 0 Å². The van der Waals surface area contributed by atoms with E-state index >= 15 is 0 Å². The zero-order valence-electron chi connectivity index (χ0n) is 7.79. The highest BCUT2D eigenvalue weighted by Crippen LogP contribution is 2.03. The molecule has 1 rings (SSSR count). The Kier molecular flexibility index (Phi) is 2.92. The van der Waals surface area contributed by atoms with E-state index in [4.69, 9.17) is 12.2 Å². The van der Waals surface area contributed by atoms with Crippen molar-refractivity contribution >= 4 is 12.2 Å². The molecule has 0 bridgehead atoms. The molecular weight excluding hydrogens is 170 g/mol. The number of nitrogens with one attached hydrogen (secondary N) is 1. The summed E-state index contributed by atoms with van der Waals surface area (Å²) < 4.78 is 2.78. The number of aryl methyl sites for hydroxylation is 1. The zero-order chi connectivity index (χ0) is 9.14. The molecule has 1 aromatic rings. The van der Waals surface area contributed by atoms with Gasteiger partial charge in [0.15, 0.2) is 4.77 Å². The highest BCUT2D eigenvalue weighted by molar-refractivity contribution is 7.71. The van der Waals surface area contributed by atoms with E-state index in [1.165, 1.54) is 5.69 Å². The molecule has 0 fully saturated rings. The van der Waals surface area contributed by atoms with Gasteiger partial charge in [0, 0.05) is 20.3 Å². The van der Waals surface area contributed by atoms with Crippen molar-refractivity contribution in [1.29, 1.82) is 0 Å². The maximum Gasteiger partial charge on any atom is 0.196 e. The largest absolute Gasteiger partial charge is 0.336 e. The van der Waals surface area contributed by atoms with Crippen LogP contribution in [0.1, 0.15) is 19.0 Å². The van der Waals surface area contributed by atoms with Gasteiger partial charge in [-0.05, 0) is 18.6 Å². The molecule has 0 aliphatic carbocycles. The first kappa shape index (κ1) is 9.32. The number of imidazole rings is 1. The predicted octanol–water partition coefficient (Wildman–Crippen LogP) is 1.70. The summed E-state index contributed by atoms with van der Waals surface area (Å²) in [5, 5.41) is 1.99. The summed E-state index contributed by atoms with van der Waals surface area (Å²) in [5.74, 6) is 0. The third-order valence-electron chi connectivity index (χ3n) is 1.73. The molecule has 3 nitrogen and oxygen atoms in total. The maximum atomic E-state index is 5.13. The van der Waals surface area contributed by atoms with E-state index in [1.807, 2.05) is 30.0 Å². The lowest BCUT2D eigenvalue weighted by atomic mass is 10.3.